The highest BCUT2D eigenvalue weighted by atomic mass is 79.9. The summed E-state index contributed by atoms with van der Waals surface area (Å²) in [6.45, 7) is 4.42. The van der Waals surface area contributed by atoms with Gasteiger partial charge in [-0.1, -0.05) is 15.9 Å². The van der Waals surface area contributed by atoms with Crippen molar-refractivity contribution in [2.24, 2.45) is 0 Å². The molecule has 0 saturated carbocycles. The Morgan fingerprint density at radius 2 is 1.76 bits per heavy atom. The number of hydrogen-bond acceptors (Lipinski definition) is 4. The van der Waals surface area contributed by atoms with Crippen molar-refractivity contribution in [3.8, 4) is 0 Å². The van der Waals surface area contributed by atoms with Crippen LogP contribution in [0.25, 0.3) is 11.0 Å². The van der Waals surface area contributed by atoms with Gasteiger partial charge in [-0.15, -0.1) is 0 Å². The van der Waals surface area contributed by atoms with Crippen LogP contribution in [0, 0.1) is 5.82 Å². The van der Waals surface area contributed by atoms with E-state index in [0.717, 1.165) is 48.0 Å². The maximum Gasteiger partial charge on any atom is 0.490 e. The SMILES string of the molecule is C[C@@H](CN1CCC(n2c(=O)[nH]c3cc(Br)ccc32)CC1)NC(=O)c1ccc(F)cc1.O=C(O)C(F)(F)F. The van der Waals surface area contributed by atoms with Gasteiger partial charge in [-0.2, -0.15) is 13.2 Å². The standard InChI is InChI=1S/C22H24BrFN4O2.C2HF3O2/c1-14(25-21(29)15-2-5-17(24)6-3-15)13-27-10-8-18(9-11-27)28-20-7-4-16(23)12-19(20)26-22(28)30;3-2(4,5)1(6)7/h2-7,12,14,18H,8-11,13H2,1H3,(H,25,29)(H,26,30);(H,6,7)/t14-;/m0./s1. The molecular weight excluding hydrogens is 564 g/mol. The fourth-order valence-corrected chi connectivity index (χ4v) is 4.53. The summed E-state index contributed by atoms with van der Waals surface area (Å²) in [6.07, 6.45) is -3.33. The van der Waals surface area contributed by atoms with E-state index >= 15 is 0 Å². The summed E-state index contributed by atoms with van der Waals surface area (Å²) < 4.78 is 47.6. The summed E-state index contributed by atoms with van der Waals surface area (Å²) in [5, 5.41) is 10.1. The number of likely N-dealkylation sites (tertiary alicyclic amines) is 1. The van der Waals surface area contributed by atoms with Gasteiger partial charge in [0, 0.05) is 41.8 Å². The summed E-state index contributed by atoms with van der Waals surface area (Å²) in [7, 11) is 0. The molecule has 13 heteroatoms. The van der Waals surface area contributed by atoms with Gasteiger partial charge >= 0.3 is 17.8 Å². The summed E-state index contributed by atoms with van der Waals surface area (Å²) in [5.41, 5.74) is 2.16. The molecule has 200 valence electrons. The van der Waals surface area contributed by atoms with Gasteiger partial charge in [0.15, 0.2) is 0 Å². The number of aromatic amines is 1. The molecule has 0 unspecified atom stereocenters. The second kappa shape index (κ2) is 11.9. The molecule has 0 radical (unpaired) electrons. The van der Waals surface area contributed by atoms with E-state index in [1.807, 2.05) is 29.7 Å². The van der Waals surface area contributed by atoms with Gasteiger partial charge in [0.25, 0.3) is 5.91 Å². The van der Waals surface area contributed by atoms with E-state index in [9.17, 15) is 27.2 Å². The van der Waals surface area contributed by atoms with Gasteiger partial charge in [-0.3, -0.25) is 9.36 Å². The molecule has 1 aliphatic heterocycles. The van der Waals surface area contributed by atoms with Crippen LogP contribution in [0.15, 0.2) is 51.7 Å². The van der Waals surface area contributed by atoms with Gasteiger partial charge in [-0.05, 0) is 62.2 Å². The van der Waals surface area contributed by atoms with Gasteiger partial charge in [0.05, 0.1) is 11.0 Å². The molecule has 1 atom stereocenters. The number of piperidine rings is 1. The van der Waals surface area contributed by atoms with E-state index in [1.54, 1.807) is 0 Å². The number of carbonyl (C=O) groups is 2. The van der Waals surface area contributed by atoms with Gasteiger partial charge < -0.3 is 20.3 Å². The molecule has 37 heavy (non-hydrogen) atoms. The molecule has 1 aromatic heterocycles. The quantitative estimate of drug-likeness (QED) is 0.385. The Bertz CT molecular complexity index is 1300. The largest absolute Gasteiger partial charge is 0.490 e. The van der Waals surface area contributed by atoms with Gasteiger partial charge in [-0.25, -0.2) is 14.0 Å². The molecule has 0 bridgehead atoms. The lowest BCUT2D eigenvalue weighted by Crippen LogP contribution is -2.45. The van der Waals surface area contributed by atoms with Crippen molar-refractivity contribution < 1.29 is 32.3 Å². The zero-order valence-electron chi connectivity index (χ0n) is 19.7. The van der Waals surface area contributed by atoms with E-state index in [0.29, 0.717) is 5.56 Å². The molecule has 1 fully saturated rings. The summed E-state index contributed by atoms with van der Waals surface area (Å²) >= 11 is 3.44. The van der Waals surface area contributed by atoms with Crippen LogP contribution < -0.4 is 11.0 Å². The van der Waals surface area contributed by atoms with Gasteiger partial charge in [0.1, 0.15) is 5.82 Å². The molecule has 1 amide bonds. The van der Waals surface area contributed by atoms with E-state index in [-0.39, 0.29) is 29.5 Å². The highest BCUT2D eigenvalue weighted by molar-refractivity contribution is 9.10. The fraction of sp³-hybridized carbons (Fsp3) is 0.375. The smallest absolute Gasteiger partial charge is 0.475 e. The number of aromatic nitrogens is 2. The Morgan fingerprint density at radius 1 is 1.16 bits per heavy atom. The first-order valence-corrected chi connectivity index (χ1v) is 12.1. The lowest BCUT2D eigenvalue weighted by Gasteiger charge is -2.34. The van der Waals surface area contributed by atoms with Gasteiger partial charge in [0.2, 0.25) is 0 Å². The van der Waals surface area contributed by atoms with Crippen molar-refractivity contribution >= 4 is 38.8 Å². The number of H-pyrrole nitrogens is 1. The number of amides is 1. The number of aliphatic carboxylic acids is 1. The van der Waals surface area contributed by atoms with E-state index in [1.165, 1.54) is 24.3 Å². The lowest BCUT2D eigenvalue weighted by atomic mass is 10.0. The van der Waals surface area contributed by atoms with Crippen molar-refractivity contribution in [3.63, 3.8) is 0 Å². The minimum absolute atomic E-state index is 0.0349. The Hall–Kier alpha value is -3.19. The predicted molar refractivity (Wildman–Crippen MR) is 132 cm³/mol. The first-order valence-electron chi connectivity index (χ1n) is 11.3. The third-order valence-electron chi connectivity index (χ3n) is 5.86. The maximum absolute atomic E-state index is 13.0. The molecule has 2 heterocycles. The number of carboxylic acids is 1. The number of imidazole rings is 1. The number of alkyl halides is 3. The highest BCUT2D eigenvalue weighted by Crippen LogP contribution is 2.26. The molecule has 3 N–H and O–H groups in total. The second-order valence-corrected chi connectivity index (χ2v) is 9.59. The monoisotopic (exact) mass is 588 g/mol. The number of nitrogens with zero attached hydrogens (tertiary/aromatic N) is 2. The highest BCUT2D eigenvalue weighted by Gasteiger charge is 2.38. The molecule has 3 aromatic rings. The number of benzene rings is 2. The minimum atomic E-state index is -5.08. The lowest BCUT2D eigenvalue weighted by molar-refractivity contribution is -0.192. The maximum atomic E-state index is 13.0. The van der Waals surface area contributed by atoms with Crippen LogP contribution in [0.2, 0.25) is 0 Å². The van der Waals surface area contributed by atoms with Crippen molar-refractivity contribution in [1.29, 1.82) is 0 Å². The number of hydrogen-bond donors (Lipinski definition) is 3. The Balaban J connectivity index is 0.000000479. The number of carboxylic acid groups (broad SMARTS) is 1. The van der Waals surface area contributed by atoms with E-state index < -0.39 is 12.1 Å². The summed E-state index contributed by atoms with van der Waals surface area (Å²) in [5.74, 6) is -3.31. The van der Waals surface area contributed by atoms with Crippen LogP contribution in [0.3, 0.4) is 0 Å². The van der Waals surface area contributed by atoms with E-state index in [4.69, 9.17) is 9.90 Å². The van der Waals surface area contributed by atoms with Crippen LogP contribution in [-0.2, 0) is 4.79 Å². The molecule has 4 rings (SSSR count). The van der Waals surface area contributed by atoms with Crippen LogP contribution in [0.4, 0.5) is 17.6 Å². The van der Waals surface area contributed by atoms with Crippen LogP contribution in [0.1, 0.15) is 36.2 Å². The van der Waals surface area contributed by atoms with Crippen LogP contribution in [-0.4, -0.2) is 63.3 Å². The van der Waals surface area contributed by atoms with Crippen LogP contribution in [0.5, 0.6) is 0 Å². The number of fused-ring (bicyclic) bond motifs is 1. The Morgan fingerprint density at radius 3 is 2.32 bits per heavy atom. The third-order valence-corrected chi connectivity index (χ3v) is 6.35. The summed E-state index contributed by atoms with van der Waals surface area (Å²) in [4.78, 5) is 38.9. The first kappa shape index (κ1) is 28.4. The fourth-order valence-electron chi connectivity index (χ4n) is 4.17. The second-order valence-electron chi connectivity index (χ2n) is 8.68. The topological polar surface area (TPSA) is 107 Å². The molecule has 1 aliphatic rings. The minimum Gasteiger partial charge on any atom is -0.475 e. The molecular formula is C24H25BrF4N4O4. The zero-order valence-corrected chi connectivity index (χ0v) is 21.3. The number of carbonyl (C=O) groups excluding carboxylic acids is 1. The van der Waals surface area contributed by atoms with Crippen molar-refractivity contribution in [2.45, 2.75) is 38.0 Å². The normalized spacial score (nSPS) is 15.6. The van der Waals surface area contributed by atoms with Crippen molar-refractivity contribution in [1.82, 2.24) is 19.8 Å². The number of nitrogens with one attached hydrogen (secondary N) is 2. The number of rotatable bonds is 5. The number of halogens is 5. The molecule has 0 aliphatic carbocycles. The summed E-state index contributed by atoms with van der Waals surface area (Å²) in [6, 6.07) is 11.5. The molecule has 1 saturated heterocycles. The average Bonchev–Trinajstić information content (AvgIpc) is 3.14. The third kappa shape index (κ3) is 7.65. The van der Waals surface area contributed by atoms with Crippen molar-refractivity contribution in [2.75, 3.05) is 19.6 Å². The Kier molecular flexibility index (Phi) is 9.13. The molecule has 2 aromatic carbocycles. The molecule has 8 nitrogen and oxygen atoms in total. The van der Waals surface area contributed by atoms with E-state index in [2.05, 4.69) is 31.1 Å². The van der Waals surface area contributed by atoms with Crippen LogP contribution >= 0.6 is 15.9 Å². The van der Waals surface area contributed by atoms with Crippen molar-refractivity contribution in [3.05, 3.63) is 68.8 Å². The first-order chi connectivity index (χ1) is 17.3. The zero-order chi connectivity index (χ0) is 27.3. The molecule has 0 spiro atoms. The predicted octanol–water partition coefficient (Wildman–Crippen LogP) is 4.32. The average molecular weight is 589 g/mol. The Labute approximate surface area is 217 Å².